The molecule has 0 spiro atoms. The van der Waals surface area contributed by atoms with Crippen molar-refractivity contribution >= 4 is 61.3 Å². The first-order valence-electron chi connectivity index (χ1n) is 9.27. The second-order valence-corrected chi connectivity index (χ2v) is 8.70. The van der Waals surface area contributed by atoms with Gasteiger partial charge in [0.05, 0.1) is 27.2 Å². The van der Waals surface area contributed by atoms with Crippen LogP contribution in [-0.2, 0) is 4.79 Å². The Morgan fingerprint density at radius 2 is 1.93 bits per heavy atom. The molecule has 0 radical (unpaired) electrons. The van der Waals surface area contributed by atoms with Gasteiger partial charge in [0, 0.05) is 12.3 Å². The Bertz CT molecular complexity index is 1290. The molecular weight excluding hydrogens is 412 g/mol. The van der Waals surface area contributed by atoms with E-state index in [0.717, 1.165) is 21.5 Å². The molecule has 2 heterocycles. The highest BCUT2D eigenvalue weighted by Crippen LogP contribution is 2.32. The number of fused-ring (bicyclic) bond motifs is 1. The number of carbonyl (C=O) groups excluding carboxylic acids is 1. The summed E-state index contributed by atoms with van der Waals surface area (Å²) in [6, 6.07) is 15.9. The highest BCUT2D eigenvalue weighted by molar-refractivity contribution is 7.19. The third-order valence-electron chi connectivity index (χ3n) is 4.70. The highest BCUT2D eigenvalue weighted by atomic mass is 32.1. The van der Waals surface area contributed by atoms with E-state index in [1.807, 2.05) is 61.7 Å². The molecule has 0 saturated carbocycles. The summed E-state index contributed by atoms with van der Waals surface area (Å²) in [5.41, 5.74) is 5.00. The monoisotopic (exact) mass is 430 g/mol. The standard InChI is InChI=1S/C23H18N4OS2/c1-14-8-9-19(10-15(14)2)27(16(3)28)23-25-18(13-29-23)11-17(12-24)22-26-20-6-4-5-7-21(20)30-22/h4-11,13H,1-3H3. The van der Waals surface area contributed by atoms with Gasteiger partial charge in [-0.3, -0.25) is 9.69 Å². The first-order valence-corrected chi connectivity index (χ1v) is 11.0. The van der Waals surface area contributed by atoms with Crippen LogP contribution in [0.3, 0.4) is 0 Å². The summed E-state index contributed by atoms with van der Waals surface area (Å²) in [7, 11) is 0. The molecule has 0 saturated heterocycles. The number of hydrogen-bond donors (Lipinski definition) is 0. The van der Waals surface area contributed by atoms with Gasteiger partial charge < -0.3 is 0 Å². The average molecular weight is 431 g/mol. The van der Waals surface area contributed by atoms with Crippen molar-refractivity contribution in [2.24, 2.45) is 0 Å². The van der Waals surface area contributed by atoms with Crippen LogP contribution in [-0.4, -0.2) is 15.9 Å². The molecule has 0 fully saturated rings. The minimum atomic E-state index is -0.116. The molecule has 4 aromatic rings. The number of nitriles is 1. The molecule has 30 heavy (non-hydrogen) atoms. The number of amides is 1. The number of carbonyl (C=O) groups is 1. The lowest BCUT2D eigenvalue weighted by molar-refractivity contribution is -0.115. The molecule has 0 aliphatic heterocycles. The molecule has 7 heteroatoms. The molecule has 148 valence electrons. The Balaban J connectivity index is 1.70. The number of aromatic nitrogens is 2. The van der Waals surface area contributed by atoms with Crippen LogP contribution in [0, 0.1) is 25.2 Å². The molecular formula is C23H18N4OS2. The maximum Gasteiger partial charge on any atom is 0.230 e. The Kier molecular flexibility index (Phi) is 5.44. The molecule has 0 N–H and O–H groups in total. The first kappa shape index (κ1) is 20.0. The van der Waals surface area contributed by atoms with Gasteiger partial charge in [-0.25, -0.2) is 9.97 Å². The molecule has 0 atom stereocenters. The van der Waals surface area contributed by atoms with Crippen LogP contribution < -0.4 is 4.90 Å². The largest absolute Gasteiger partial charge is 0.274 e. The van der Waals surface area contributed by atoms with Crippen molar-refractivity contribution in [3.8, 4) is 6.07 Å². The maximum atomic E-state index is 12.4. The fourth-order valence-corrected chi connectivity index (χ4v) is 4.79. The van der Waals surface area contributed by atoms with Crippen LogP contribution >= 0.6 is 22.7 Å². The lowest BCUT2D eigenvalue weighted by Gasteiger charge is -2.19. The number of benzene rings is 2. The lowest BCUT2D eigenvalue weighted by atomic mass is 10.1. The first-order chi connectivity index (χ1) is 14.5. The van der Waals surface area contributed by atoms with E-state index >= 15 is 0 Å². The van der Waals surface area contributed by atoms with E-state index in [9.17, 15) is 10.1 Å². The number of aryl methyl sites for hydroxylation is 2. The maximum absolute atomic E-state index is 12.4. The zero-order valence-electron chi connectivity index (χ0n) is 16.7. The normalized spacial score (nSPS) is 11.5. The minimum Gasteiger partial charge on any atom is -0.274 e. The second kappa shape index (κ2) is 8.19. The number of rotatable bonds is 4. The summed E-state index contributed by atoms with van der Waals surface area (Å²) in [5.74, 6) is -0.116. The van der Waals surface area contributed by atoms with Gasteiger partial charge in [0.2, 0.25) is 5.91 Å². The zero-order chi connectivity index (χ0) is 21.3. The Morgan fingerprint density at radius 3 is 2.63 bits per heavy atom. The Labute approximate surface area is 182 Å². The van der Waals surface area contributed by atoms with Crippen LogP contribution in [0.2, 0.25) is 0 Å². The fourth-order valence-electron chi connectivity index (χ4n) is 3.01. The van der Waals surface area contributed by atoms with Crippen molar-refractivity contribution < 1.29 is 4.79 Å². The van der Waals surface area contributed by atoms with E-state index in [2.05, 4.69) is 16.0 Å². The summed E-state index contributed by atoms with van der Waals surface area (Å²) < 4.78 is 1.03. The number of hydrogen-bond acceptors (Lipinski definition) is 6. The van der Waals surface area contributed by atoms with Crippen molar-refractivity contribution in [3.05, 3.63) is 69.7 Å². The predicted molar refractivity (Wildman–Crippen MR) is 124 cm³/mol. The van der Waals surface area contributed by atoms with Gasteiger partial charge in [0.1, 0.15) is 11.1 Å². The van der Waals surface area contributed by atoms with E-state index in [1.165, 1.54) is 35.2 Å². The topological polar surface area (TPSA) is 69.9 Å². The van der Waals surface area contributed by atoms with E-state index in [1.54, 1.807) is 11.0 Å². The van der Waals surface area contributed by atoms with Crippen molar-refractivity contribution in [2.75, 3.05) is 4.90 Å². The van der Waals surface area contributed by atoms with Crippen LogP contribution in [0.4, 0.5) is 10.8 Å². The third kappa shape index (κ3) is 3.88. The van der Waals surface area contributed by atoms with E-state index in [-0.39, 0.29) is 5.91 Å². The molecule has 4 rings (SSSR count). The highest BCUT2D eigenvalue weighted by Gasteiger charge is 2.18. The number of thiazole rings is 2. The van der Waals surface area contributed by atoms with Crippen molar-refractivity contribution in [3.63, 3.8) is 0 Å². The number of para-hydroxylation sites is 1. The predicted octanol–water partition coefficient (Wildman–Crippen LogP) is 6.12. The minimum absolute atomic E-state index is 0.116. The quantitative estimate of drug-likeness (QED) is 0.366. The van der Waals surface area contributed by atoms with Crippen LogP contribution in [0.25, 0.3) is 21.9 Å². The van der Waals surface area contributed by atoms with E-state index in [4.69, 9.17) is 0 Å². The summed E-state index contributed by atoms with van der Waals surface area (Å²) >= 11 is 2.84. The summed E-state index contributed by atoms with van der Waals surface area (Å²) in [4.78, 5) is 23.1. The van der Waals surface area contributed by atoms with Crippen LogP contribution in [0.5, 0.6) is 0 Å². The van der Waals surface area contributed by atoms with Gasteiger partial charge in [0.25, 0.3) is 0 Å². The summed E-state index contributed by atoms with van der Waals surface area (Å²) in [6.45, 7) is 5.58. The van der Waals surface area contributed by atoms with Gasteiger partial charge in [-0.2, -0.15) is 5.26 Å². The summed E-state index contributed by atoms with van der Waals surface area (Å²) in [5, 5.41) is 12.7. The second-order valence-electron chi connectivity index (χ2n) is 6.83. The third-order valence-corrected chi connectivity index (χ3v) is 6.62. The number of allylic oxidation sites excluding steroid dienone is 1. The lowest BCUT2D eigenvalue weighted by Crippen LogP contribution is -2.22. The zero-order valence-corrected chi connectivity index (χ0v) is 18.3. The molecule has 2 aromatic heterocycles. The molecule has 1 amide bonds. The molecule has 0 unspecified atom stereocenters. The fraction of sp³-hybridized carbons (Fsp3) is 0.130. The van der Waals surface area contributed by atoms with Crippen molar-refractivity contribution in [1.82, 2.24) is 9.97 Å². The molecule has 2 aromatic carbocycles. The van der Waals surface area contributed by atoms with Gasteiger partial charge in [-0.15, -0.1) is 22.7 Å². The number of anilines is 2. The molecule has 0 bridgehead atoms. The molecule has 0 aliphatic rings. The van der Waals surface area contributed by atoms with Gasteiger partial charge in [0.15, 0.2) is 5.13 Å². The van der Waals surface area contributed by atoms with Gasteiger partial charge in [-0.1, -0.05) is 18.2 Å². The van der Waals surface area contributed by atoms with E-state index in [0.29, 0.717) is 21.4 Å². The van der Waals surface area contributed by atoms with Crippen LogP contribution in [0.15, 0.2) is 47.8 Å². The average Bonchev–Trinajstić information content (AvgIpc) is 3.35. The van der Waals surface area contributed by atoms with Crippen molar-refractivity contribution in [1.29, 1.82) is 5.26 Å². The van der Waals surface area contributed by atoms with E-state index < -0.39 is 0 Å². The number of nitrogens with zero attached hydrogens (tertiary/aromatic N) is 4. The Morgan fingerprint density at radius 1 is 1.13 bits per heavy atom. The summed E-state index contributed by atoms with van der Waals surface area (Å²) in [6.07, 6.45) is 1.72. The molecule has 0 aliphatic carbocycles. The van der Waals surface area contributed by atoms with Crippen LogP contribution in [0.1, 0.15) is 28.8 Å². The van der Waals surface area contributed by atoms with Gasteiger partial charge in [-0.05, 0) is 55.3 Å². The SMILES string of the molecule is CC(=O)N(c1ccc(C)c(C)c1)c1nc(C=C(C#N)c2nc3ccccc3s2)cs1. The smallest absolute Gasteiger partial charge is 0.230 e. The van der Waals surface area contributed by atoms with Crippen molar-refractivity contribution in [2.45, 2.75) is 20.8 Å². The van der Waals surface area contributed by atoms with Gasteiger partial charge >= 0.3 is 0 Å². The molecule has 5 nitrogen and oxygen atoms in total. The Hall–Kier alpha value is -3.34.